The minimum atomic E-state index is -0.0658. The van der Waals surface area contributed by atoms with Gasteiger partial charge in [-0.15, -0.1) is 0 Å². The molecule has 0 spiro atoms. The summed E-state index contributed by atoms with van der Waals surface area (Å²) in [6, 6.07) is 0.00956. The Bertz CT molecular complexity index is 718. The minimum Gasteiger partial charge on any atom is -0.379 e. The van der Waals surface area contributed by atoms with Crippen LogP contribution in [0.25, 0.3) is 11.2 Å². The molecule has 2 aromatic heterocycles. The molecule has 7 nitrogen and oxygen atoms in total. The van der Waals surface area contributed by atoms with Gasteiger partial charge in [0.15, 0.2) is 5.65 Å². The Hall–Kier alpha value is -1.44. The van der Waals surface area contributed by atoms with Gasteiger partial charge < -0.3 is 9.64 Å². The van der Waals surface area contributed by atoms with Gasteiger partial charge >= 0.3 is 5.69 Å². The van der Waals surface area contributed by atoms with Crippen molar-refractivity contribution in [2.75, 3.05) is 33.9 Å². The molecule has 0 N–H and O–H groups in total. The molecule has 120 valence electrons. The molecule has 0 aliphatic carbocycles. The van der Waals surface area contributed by atoms with E-state index in [1.54, 1.807) is 15.3 Å². The van der Waals surface area contributed by atoms with E-state index >= 15 is 0 Å². The number of fused-ring (bicyclic) bond motifs is 1. The van der Waals surface area contributed by atoms with Gasteiger partial charge in [0.2, 0.25) is 5.28 Å². The molecule has 3 rings (SSSR count). The smallest absolute Gasteiger partial charge is 0.330 e. The lowest BCUT2D eigenvalue weighted by atomic mass is 10.1. The maximum atomic E-state index is 12.9. The Kier molecular flexibility index (Phi) is 4.46. The highest BCUT2D eigenvalue weighted by molar-refractivity contribution is 6.28. The van der Waals surface area contributed by atoms with Crippen LogP contribution in [0.15, 0.2) is 11.0 Å². The van der Waals surface area contributed by atoms with Crippen LogP contribution >= 0.6 is 11.6 Å². The molecule has 1 fully saturated rings. The quantitative estimate of drug-likeness (QED) is 0.789. The lowest BCUT2D eigenvalue weighted by Gasteiger charge is -2.22. The molecule has 0 saturated carbocycles. The van der Waals surface area contributed by atoms with Gasteiger partial charge in [-0.05, 0) is 38.5 Å². The minimum absolute atomic E-state index is 0.00956. The fraction of sp³-hybridized carbons (Fsp3) is 0.643. The molecule has 22 heavy (non-hydrogen) atoms. The SMILES string of the molecule is CN(C)CCn1c(=O)n(C2CCCOC2)c2nc(Cl)ncc21. The number of likely N-dealkylation sites (N-methyl/N-ethyl adjacent to an activating group) is 1. The second-order valence-electron chi connectivity index (χ2n) is 5.83. The van der Waals surface area contributed by atoms with E-state index in [9.17, 15) is 4.79 Å². The Balaban J connectivity index is 2.11. The van der Waals surface area contributed by atoms with Crippen LogP contribution in [0, 0.1) is 0 Å². The van der Waals surface area contributed by atoms with Crippen LogP contribution in [0.2, 0.25) is 5.28 Å². The van der Waals surface area contributed by atoms with Crippen LogP contribution in [0.5, 0.6) is 0 Å². The molecule has 0 bridgehead atoms. The van der Waals surface area contributed by atoms with Crippen molar-refractivity contribution in [1.82, 2.24) is 24.0 Å². The average Bonchev–Trinajstić information content (AvgIpc) is 2.77. The van der Waals surface area contributed by atoms with Crippen molar-refractivity contribution in [3.63, 3.8) is 0 Å². The first kappa shape index (κ1) is 15.5. The fourth-order valence-corrected chi connectivity index (χ4v) is 2.94. The molecule has 0 radical (unpaired) electrons. The van der Waals surface area contributed by atoms with Crippen LogP contribution in [-0.2, 0) is 11.3 Å². The van der Waals surface area contributed by atoms with Gasteiger partial charge in [-0.3, -0.25) is 9.13 Å². The topological polar surface area (TPSA) is 65.2 Å². The number of halogens is 1. The maximum Gasteiger partial charge on any atom is 0.330 e. The first-order chi connectivity index (χ1) is 10.6. The molecular formula is C14H20ClN5O2. The second kappa shape index (κ2) is 6.36. The molecule has 2 aromatic rings. The molecular weight excluding hydrogens is 306 g/mol. The number of rotatable bonds is 4. The average molecular weight is 326 g/mol. The molecule has 3 heterocycles. The van der Waals surface area contributed by atoms with E-state index < -0.39 is 0 Å². The third kappa shape index (κ3) is 2.88. The number of aromatic nitrogens is 4. The molecule has 1 aliphatic heterocycles. The predicted octanol–water partition coefficient (Wildman–Crippen LogP) is 1.16. The van der Waals surface area contributed by atoms with E-state index in [2.05, 4.69) is 9.97 Å². The van der Waals surface area contributed by atoms with E-state index in [4.69, 9.17) is 16.3 Å². The van der Waals surface area contributed by atoms with Crippen LogP contribution in [0.3, 0.4) is 0 Å². The van der Waals surface area contributed by atoms with Gasteiger partial charge in [0.1, 0.15) is 5.52 Å². The van der Waals surface area contributed by atoms with Crippen LogP contribution in [0.1, 0.15) is 18.9 Å². The maximum absolute atomic E-state index is 12.9. The summed E-state index contributed by atoms with van der Waals surface area (Å²) >= 11 is 5.93. The number of hydrogen-bond acceptors (Lipinski definition) is 5. The molecule has 8 heteroatoms. The number of nitrogens with zero attached hydrogens (tertiary/aromatic N) is 5. The Morgan fingerprint density at radius 2 is 2.32 bits per heavy atom. The van der Waals surface area contributed by atoms with Crippen molar-refractivity contribution in [2.24, 2.45) is 0 Å². The third-order valence-corrected chi connectivity index (χ3v) is 4.13. The summed E-state index contributed by atoms with van der Waals surface area (Å²) in [6.45, 7) is 2.64. The molecule has 1 atom stereocenters. The van der Waals surface area contributed by atoms with E-state index in [1.807, 2.05) is 19.0 Å². The summed E-state index contributed by atoms with van der Waals surface area (Å²) in [5, 5.41) is 0.155. The van der Waals surface area contributed by atoms with Crippen LogP contribution < -0.4 is 5.69 Å². The highest BCUT2D eigenvalue weighted by atomic mass is 35.5. The Morgan fingerprint density at radius 3 is 3.00 bits per heavy atom. The zero-order valence-electron chi connectivity index (χ0n) is 12.8. The van der Waals surface area contributed by atoms with Crippen molar-refractivity contribution < 1.29 is 4.74 Å². The van der Waals surface area contributed by atoms with Gasteiger partial charge in [-0.1, -0.05) is 0 Å². The zero-order chi connectivity index (χ0) is 15.7. The molecule has 0 amide bonds. The van der Waals surface area contributed by atoms with Crippen LogP contribution in [0.4, 0.5) is 0 Å². The zero-order valence-corrected chi connectivity index (χ0v) is 13.6. The summed E-state index contributed by atoms with van der Waals surface area (Å²) < 4.78 is 8.97. The van der Waals surface area contributed by atoms with Crippen molar-refractivity contribution in [3.8, 4) is 0 Å². The Labute approximate surface area is 133 Å². The molecule has 1 aliphatic rings. The van der Waals surface area contributed by atoms with Crippen molar-refractivity contribution in [1.29, 1.82) is 0 Å². The first-order valence-electron chi connectivity index (χ1n) is 7.43. The second-order valence-corrected chi connectivity index (χ2v) is 6.16. The van der Waals surface area contributed by atoms with Gasteiger partial charge in [-0.2, -0.15) is 4.98 Å². The number of imidazole rings is 1. The van der Waals surface area contributed by atoms with Crippen molar-refractivity contribution >= 4 is 22.8 Å². The first-order valence-corrected chi connectivity index (χ1v) is 7.81. The van der Waals surface area contributed by atoms with Gasteiger partial charge in [0.25, 0.3) is 0 Å². The van der Waals surface area contributed by atoms with Gasteiger partial charge in [0.05, 0.1) is 18.8 Å². The normalized spacial score (nSPS) is 19.2. The van der Waals surface area contributed by atoms with Crippen LogP contribution in [-0.4, -0.2) is 57.9 Å². The lowest BCUT2D eigenvalue weighted by Crippen LogP contribution is -2.33. The summed E-state index contributed by atoms with van der Waals surface area (Å²) in [5.41, 5.74) is 1.25. The monoisotopic (exact) mass is 325 g/mol. The summed E-state index contributed by atoms with van der Waals surface area (Å²) in [5.74, 6) is 0. The lowest BCUT2D eigenvalue weighted by molar-refractivity contribution is 0.0590. The highest BCUT2D eigenvalue weighted by Crippen LogP contribution is 2.22. The van der Waals surface area contributed by atoms with E-state index in [-0.39, 0.29) is 17.0 Å². The van der Waals surface area contributed by atoms with E-state index in [1.165, 1.54) is 0 Å². The van der Waals surface area contributed by atoms with Gasteiger partial charge in [-0.25, -0.2) is 9.78 Å². The Morgan fingerprint density at radius 1 is 1.50 bits per heavy atom. The number of ether oxygens (including phenoxy) is 1. The fourth-order valence-electron chi connectivity index (χ4n) is 2.81. The van der Waals surface area contributed by atoms with Crippen molar-refractivity contribution in [3.05, 3.63) is 22.0 Å². The standard InChI is InChI=1S/C14H20ClN5O2/c1-18(2)5-6-19-11-8-16-13(15)17-12(11)20(14(19)21)10-4-3-7-22-9-10/h8,10H,3-7,9H2,1-2H3. The summed E-state index contributed by atoms with van der Waals surface area (Å²) in [7, 11) is 3.96. The summed E-state index contributed by atoms with van der Waals surface area (Å²) in [6.07, 6.45) is 3.48. The highest BCUT2D eigenvalue weighted by Gasteiger charge is 2.24. The third-order valence-electron chi connectivity index (χ3n) is 3.95. The molecule has 1 unspecified atom stereocenters. The van der Waals surface area contributed by atoms with E-state index in [0.717, 1.165) is 31.5 Å². The van der Waals surface area contributed by atoms with Crippen molar-refractivity contribution in [2.45, 2.75) is 25.4 Å². The van der Waals surface area contributed by atoms with E-state index in [0.29, 0.717) is 18.8 Å². The summed E-state index contributed by atoms with van der Waals surface area (Å²) in [4.78, 5) is 23.2. The largest absolute Gasteiger partial charge is 0.379 e. The molecule has 0 aromatic carbocycles. The van der Waals surface area contributed by atoms with Gasteiger partial charge in [0, 0.05) is 19.7 Å². The molecule has 1 saturated heterocycles. The predicted molar refractivity (Wildman–Crippen MR) is 84.4 cm³/mol. The number of hydrogen-bond donors (Lipinski definition) is 0.